The second kappa shape index (κ2) is 10.4. The van der Waals surface area contributed by atoms with Crippen molar-refractivity contribution in [1.82, 2.24) is 9.88 Å². The Hall–Kier alpha value is -2.56. The number of nitrogens with one attached hydrogen (secondary N) is 2. The fraction of sp³-hybridized carbons (Fsp3) is 0.429. The summed E-state index contributed by atoms with van der Waals surface area (Å²) in [5, 5.41) is 2.90. The van der Waals surface area contributed by atoms with Crippen molar-refractivity contribution in [3.8, 4) is 0 Å². The van der Waals surface area contributed by atoms with E-state index in [0.717, 1.165) is 43.5 Å². The van der Waals surface area contributed by atoms with Crippen LogP contribution in [0.2, 0.25) is 0 Å². The highest BCUT2D eigenvalue weighted by Gasteiger charge is 2.15. The quantitative estimate of drug-likeness (QED) is 0.693. The highest BCUT2D eigenvalue weighted by atomic mass is 16.2. The zero-order valence-electron chi connectivity index (χ0n) is 15.8. The van der Waals surface area contributed by atoms with Gasteiger partial charge in [0.05, 0.1) is 6.54 Å². The summed E-state index contributed by atoms with van der Waals surface area (Å²) in [4.78, 5) is 29.7. The van der Waals surface area contributed by atoms with Crippen LogP contribution in [0.1, 0.15) is 50.8 Å². The first kappa shape index (κ1) is 19.8. The van der Waals surface area contributed by atoms with E-state index >= 15 is 0 Å². The minimum Gasteiger partial charge on any atom is -0.326 e. The molecule has 2 N–H and O–H groups in total. The van der Waals surface area contributed by atoms with Crippen LogP contribution in [-0.2, 0) is 13.0 Å². The highest BCUT2D eigenvalue weighted by molar-refractivity contribution is 5.89. The van der Waals surface area contributed by atoms with Crippen LogP contribution in [0.15, 0.2) is 47.3 Å². The second-order valence-corrected chi connectivity index (χ2v) is 6.51. The predicted molar refractivity (Wildman–Crippen MR) is 106 cm³/mol. The molecule has 0 aliphatic rings. The van der Waals surface area contributed by atoms with Gasteiger partial charge in [-0.05, 0) is 37.5 Å². The average Bonchev–Trinajstić information content (AvgIpc) is 2.65. The minimum atomic E-state index is -0.181. The number of aromatic amines is 1. The van der Waals surface area contributed by atoms with Crippen LogP contribution in [0, 0.1) is 0 Å². The van der Waals surface area contributed by atoms with E-state index in [-0.39, 0.29) is 11.6 Å². The maximum absolute atomic E-state index is 12.6. The van der Waals surface area contributed by atoms with Gasteiger partial charge in [-0.2, -0.15) is 0 Å². The van der Waals surface area contributed by atoms with Gasteiger partial charge < -0.3 is 15.2 Å². The number of nitrogens with zero attached hydrogens (tertiary/aromatic N) is 1. The number of benzene rings is 1. The summed E-state index contributed by atoms with van der Waals surface area (Å²) in [5.41, 5.74) is 2.22. The van der Waals surface area contributed by atoms with E-state index in [4.69, 9.17) is 0 Å². The smallest absolute Gasteiger partial charge is 0.322 e. The van der Waals surface area contributed by atoms with Crippen molar-refractivity contribution >= 4 is 11.7 Å². The molecule has 26 heavy (non-hydrogen) atoms. The number of H-pyrrole nitrogens is 1. The van der Waals surface area contributed by atoms with Crippen molar-refractivity contribution in [3.05, 3.63) is 64.1 Å². The van der Waals surface area contributed by atoms with Crippen LogP contribution in [-0.4, -0.2) is 22.5 Å². The molecule has 2 aromatic rings. The summed E-state index contributed by atoms with van der Waals surface area (Å²) in [6.07, 6.45) is 4.90. The number of aromatic nitrogens is 1. The first-order valence-corrected chi connectivity index (χ1v) is 9.46. The van der Waals surface area contributed by atoms with Crippen LogP contribution in [0.3, 0.4) is 0 Å². The second-order valence-electron chi connectivity index (χ2n) is 6.51. The molecule has 1 aromatic heterocycles. The third-order valence-electron chi connectivity index (χ3n) is 4.31. The topological polar surface area (TPSA) is 65.2 Å². The highest BCUT2D eigenvalue weighted by Crippen LogP contribution is 2.10. The molecule has 1 aromatic carbocycles. The Morgan fingerprint density at radius 2 is 1.77 bits per heavy atom. The number of pyridine rings is 1. The molecule has 0 radical (unpaired) electrons. The molecule has 140 valence electrons. The molecule has 5 heteroatoms. The zero-order chi connectivity index (χ0) is 18.8. The molecular weight excluding hydrogens is 326 g/mol. The van der Waals surface area contributed by atoms with Crippen molar-refractivity contribution < 1.29 is 4.79 Å². The molecule has 0 aliphatic carbocycles. The van der Waals surface area contributed by atoms with Crippen LogP contribution in [0.4, 0.5) is 10.5 Å². The number of unbranched alkanes of at least 4 members (excludes halogenated alkanes) is 2. The summed E-state index contributed by atoms with van der Waals surface area (Å²) in [6, 6.07) is 13.0. The lowest BCUT2D eigenvalue weighted by atomic mass is 10.1. The Balaban J connectivity index is 2.09. The summed E-state index contributed by atoms with van der Waals surface area (Å²) >= 11 is 0. The van der Waals surface area contributed by atoms with Gasteiger partial charge in [-0.15, -0.1) is 0 Å². The molecule has 0 saturated carbocycles. The van der Waals surface area contributed by atoms with Gasteiger partial charge in [-0.1, -0.05) is 51.0 Å². The van der Waals surface area contributed by atoms with E-state index in [1.165, 1.54) is 0 Å². The molecule has 0 fully saturated rings. The molecule has 0 saturated heterocycles. The number of rotatable bonds is 9. The number of amides is 2. The Bertz CT molecular complexity index is 740. The lowest BCUT2D eigenvalue weighted by Gasteiger charge is -2.23. The third kappa shape index (κ3) is 6.06. The van der Waals surface area contributed by atoms with E-state index in [9.17, 15) is 9.59 Å². The van der Waals surface area contributed by atoms with E-state index < -0.39 is 0 Å². The first-order chi connectivity index (χ1) is 12.6. The molecular formula is C21H29N3O2. The zero-order valence-corrected chi connectivity index (χ0v) is 15.8. The summed E-state index contributed by atoms with van der Waals surface area (Å²) in [6.45, 7) is 5.14. The number of urea groups is 1. The van der Waals surface area contributed by atoms with E-state index in [1.807, 2.05) is 42.5 Å². The Morgan fingerprint density at radius 3 is 2.42 bits per heavy atom. The van der Waals surface area contributed by atoms with Gasteiger partial charge in [0, 0.05) is 23.5 Å². The van der Waals surface area contributed by atoms with E-state index in [2.05, 4.69) is 24.1 Å². The Labute approximate surface area is 155 Å². The first-order valence-electron chi connectivity index (χ1n) is 9.46. The van der Waals surface area contributed by atoms with Gasteiger partial charge in [-0.25, -0.2) is 4.79 Å². The Kier molecular flexibility index (Phi) is 7.93. The fourth-order valence-corrected chi connectivity index (χ4v) is 2.71. The van der Waals surface area contributed by atoms with Gasteiger partial charge >= 0.3 is 6.03 Å². The number of aryl methyl sites for hydroxylation is 1. The molecule has 5 nitrogen and oxygen atoms in total. The number of anilines is 1. The molecule has 1 heterocycles. The number of hydrogen-bond acceptors (Lipinski definition) is 2. The molecule has 0 bridgehead atoms. The van der Waals surface area contributed by atoms with Crippen molar-refractivity contribution in [3.63, 3.8) is 0 Å². The number of para-hydroxylation sites is 1. The molecule has 0 unspecified atom stereocenters. The van der Waals surface area contributed by atoms with Gasteiger partial charge in [-0.3, -0.25) is 4.79 Å². The largest absolute Gasteiger partial charge is 0.326 e. The van der Waals surface area contributed by atoms with E-state index in [0.29, 0.717) is 18.7 Å². The van der Waals surface area contributed by atoms with E-state index in [1.54, 1.807) is 4.90 Å². The lowest BCUT2D eigenvalue weighted by Crippen LogP contribution is -2.37. The maximum Gasteiger partial charge on any atom is 0.322 e. The number of hydrogen-bond donors (Lipinski definition) is 2. The summed E-state index contributed by atoms with van der Waals surface area (Å²) in [7, 11) is 0. The van der Waals surface area contributed by atoms with Gasteiger partial charge in [0.1, 0.15) is 0 Å². The van der Waals surface area contributed by atoms with Crippen molar-refractivity contribution in [2.75, 3.05) is 11.9 Å². The van der Waals surface area contributed by atoms with Crippen molar-refractivity contribution in [1.29, 1.82) is 0 Å². The maximum atomic E-state index is 12.6. The molecule has 0 atom stereocenters. The van der Waals surface area contributed by atoms with Crippen LogP contribution >= 0.6 is 0 Å². The molecule has 2 amide bonds. The molecule has 2 rings (SSSR count). The van der Waals surface area contributed by atoms with Crippen LogP contribution in [0.5, 0.6) is 0 Å². The standard InChI is InChI=1S/C21H29N3O2/c1-3-5-10-19-14-13-17(20(25)22-19)16-24(15-6-4-2)21(26)23-18-11-8-7-9-12-18/h7-9,11-14H,3-6,10,15-16H2,1-2H3,(H,22,25)(H,23,26). The monoisotopic (exact) mass is 355 g/mol. The van der Waals surface area contributed by atoms with Crippen LogP contribution < -0.4 is 10.9 Å². The normalized spacial score (nSPS) is 10.5. The fourth-order valence-electron chi connectivity index (χ4n) is 2.71. The van der Waals surface area contributed by atoms with Crippen molar-refractivity contribution in [2.24, 2.45) is 0 Å². The van der Waals surface area contributed by atoms with Gasteiger partial charge in [0.25, 0.3) is 5.56 Å². The van der Waals surface area contributed by atoms with Gasteiger partial charge in [0.15, 0.2) is 0 Å². The predicted octanol–water partition coefficient (Wildman–Crippen LogP) is 4.55. The van der Waals surface area contributed by atoms with Crippen molar-refractivity contribution in [2.45, 2.75) is 52.5 Å². The lowest BCUT2D eigenvalue weighted by molar-refractivity contribution is 0.208. The minimum absolute atomic E-state index is 0.104. The Morgan fingerprint density at radius 1 is 1.04 bits per heavy atom. The summed E-state index contributed by atoms with van der Waals surface area (Å²) in [5.74, 6) is 0. The molecule has 0 spiro atoms. The third-order valence-corrected chi connectivity index (χ3v) is 4.31. The number of carbonyl (C=O) groups excluding carboxylic acids is 1. The van der Waals surface area contributed by atoms with Gasteiger partial charge in [0.2, 0.25) is 0 Å². The van der Waals surface area contributed by atoms with Crippen LogP contribution in [0.25, 0.3) is 0 Å². The molecule has 0 aliphatic heterocycles. The number of carbonyl (C=O) groups is 1. The SMILES string of the molecule is CCCCc1ccc(CN(CCCC)C(=O)Nc2ccccc2)c(=O)[nH]1. The average molecular weight is 355 g/mol. The summed E-state index contributed by atoms with van der Waals surface area (Å²) < 4.78 is 0.